The van der Waals surface area contributed by atoms with Gasteiger partial charge < -0.3 is 10.3 Å². The molecule has 0 aliphatic carbocycles. The van der Waals surface area contributed by atoms with Crippen molar-refractivity contribution in [2.75, 3.05) is 6.54 Å². The van der Waals surface area contributed by atoms with Crippen LogP contribution in [0.25, 0.3) is 11.0 Å². The first-order chi connectivity index (χ1) is 10.3. The number of nitrogens with one attached hydrogen (secondary N) is 2. The average Bonchev–Trinajstić information content (AvgIpc) is 2.87. The van der Waals surface area contributed by atoms with Crippen molar-refractivity contribution in [3.8, 4) is 0 Å². The Bertz CT molecular complexity index is 807. The highest BCUT2D eigenvalue weighted by molar-refractivity contribution is 7.99. The van der Waals surface area contributed by atoms with Crippen LogP contribution in [0.4, 0.5) is 0 Å². The minimum absolute atomic E-state index is 0.968. The van der Waals surface area contributed by atoms with E-state index in [1.165, 1.54) is 20.9 Å². The van der Waals surface area contributed by atoms with E-state index in [2.05, 4.69) is 51.7 Å². The lowest BCUT2D eigenvalue weighted by molar-refractivity contribution is 0.636. The first-order valence-electron chi connectivity index (χ1n) is 7.25. The van der Waals surface area contributed by atoms with Crippen molar-refractivity contribution in [3.63, 3.8) is 0 Å². The van der Waals surface area contributed by atoms with Crippen molar-refractivity contribution in [2.45, 2.75) is 29.7 Å². The van der Waals surface area contributed by atoms with Gasteiger partial charge in [-0.15, -0.1) is 0 Å². The van der Waals surface area contributed by atoms with E-state index >= 15 is 0 Å². The van der Waals surface area contributed by atoms with Crippen LogP contribution in [0.2, 0.25) is 0 Å². The van der Waals surface area contributed by atoms with Gasteiger partial charge in [0, 0.05) is 16.3 Å². The van der Waals surface area contributed by atoms with Gasteiger partial charge in [0.25, 0.3) is 0 Å². The number of H-pyrrole nitrogens is 1. The van der Waals surface area contributed by atoms with Gasteiger partial charge in [0.1, 0.15) is 5.82 Å². The van der Waals surface area contributed by atoms with E-state index in [4.69, 9.17) is 0 Å². The predicted molar refractivity (Wildman–Crippen MR) is 86.8 cm³/mol. The molecule has 2 heterocycles. The number of aromatic amines is 1. The number of aryl methyl sites for hydroxylation is 1. The third-order valence-corrected chi connectivity index (χ3v) is 4.99. The molecule has 0 fully saturated rings. The summed E-state index contributed by atoms with van der Waals surface area (Å²) in [5.41, 5.74) is 5.09. The van der Waals surface area contributed by atoms with Crippen molar-refractivity contribution >= 4 is 22.8 Å². The second kappa shape index (κ2) is 5.20. The highest BCUT2D eigenvalue weighted by Crippen LogP contribution is 2.34. The molecule has 4 rings (SSSR count). The molecule has 4 heteroatoms. The van der Waals surface area contributed by atoms with Crippen LogP contribution >= 0.6 is 11.8 Å². The van der Waals surface area contributed by atoms with Gasteiger partial charge in [-0.25, -0.2) is 4.98 Å². The van der Waals surface area contributed by atoms with Gasteiger partial charge in [0.15, 0.2) is 0 Å². The molecule has 0 atom stereocenters. The minimum Gasteiger partial charge on any atom is -0.342 e. The molecule has 0 radical (unpaired) electrons. The van der Waals surface area contributed by atoms with Gasteiger partial charge in [-0.1, -0.05) is 23.9 Å². The molecule has 0 saturated heterocycles. The van der Waals surface area contributed by atoms with Crippen LogP contribution in [0.5, 0.6) is 0 Å². The van der Waals surface area contributed by atoms with E-state index < -0.39 is 0 Å². The Morgan fingerprint density at radius 1 is 1.19 bits per heavy atom. The predicted octanol–water partition coefficient (Wildman–Crippen LogP) is 3.67. The van der Waals surface area contributed by atoms with E-state index in [9.17, 15) is 0 Å². The Hall–Kier alpha value is -1.78. The fourth-order valence-electron chi connectivity index (χ4n) is 2.90. The topological polar surface area (TPSA) is 40.7 Å². The first-order valence-corrected chi connectivity index (χ1v) is 8.07. The monoisotopic (exact) mass is 295 g/mol. The number of imidazole rings is 1. The summed E-state index contributed by atoms with van der Waals surface area (Å²) in [6.45, 7) is 4.05. The summed E-state index contributed by atoms with van der Waals surface area (Å²) in [4.78, 5) is 10.4. The maximum absolute atomic E-state index is 4.46. The van der Waals surface area contributed by atoms with E-state index in [-0.39, 0.29) is 0 Å². The quantitative estimate of drug-likeness (QED) is 0.758. The summed E-state index contributed by atoms with van der Waals surface area (Å²) in [5, 5.41) is 3.44. The molecule has 0 unspecified atom stereocenters. The zero-order valence-corrected chi connectivity index (χ0v) is 12.8. The van der Waals surface area contributed by atoms with Crippen LogP contribution in [0, 0.1) is 6.92 Å². The molecule has 1 aromatic heterocycles. The Morgan fingerprint density at radius 2 is 2.14 bits per heavy atom. The maximum atomic E-state index is 4.46. The molecule has 2 N–H and O–H groups in total. The van der Waals surface area contributed by atoms with Gasteiger partial charge in [-0.3, -0.25) is 0 Å². The largest absolute Gasteiger partial charge is 0.342 e. The lowest BCUT2D eigenvalue weighted by atomic mass is 10.0. The van der Waals surface area contributed by atoms with Crippen LogP contribution in [-0.2, 0) is 13.0 Å². The van der Waals surface area contributed by atoms with Gasteiger partial charge >= 0.3 is 0 Å². The Morgan fingerprint density at radius 3 is 3.10 bits per heavy atom. The fourth-order valence-corrected chi connectivity index (χ4v) is 3.97. The fraction of sp³-hybridized carbons (Fsp3) is 0.235. The minimum atomic E-state index is 0.968. The van der Waals surface area contributed by atoms with E-state index in [0.29, 0.717) is 0 Å². The summed E-state index contributed by atoms with van der Waals surface area (Å²) in [6.07, 6.45) is 1.11. The van der Waals surface area contributed by atoms with E-state index in [1.54, 1.807) is 0 Å². The van der Waals surface area contributed by atoms with Crippen LogP contribution in [0.3, 0.4) is 0 Å². The van der Waals surface area contributed by atoms with Gasteiger partial charge in [0.2, 0.25) is 0 Å². The molecule has 3 aromatic rings. The average molecular weight is 295 g/mol. The lowest BCUT2D eigenvalue weighted by Gasteiger charge is -2.19. The summed E-state index contributed by atoms with van der Waals surface area (Å²) >= 11 is 1.85. The molecule has 3 nitrogen and oxygen atoms in total. The van der Waals surface area contributed by atoms with E-state index in [1.807, 2.05) is 18.7 Å². The Kier molecular flexibility index (Phi) is 3.20. The summed E-state index contributed by atoms with van der Waals surface area (Å²) in [7, 11) is 0. The number of rotatable bonds is 2. The molecule has 0 saturated carbocycles. The Balaban J connectivity index is 1.71. The molecule has 1 aliphatic rings. The maximum Gasteiger partial charge on any atom is 0.104 e. The van der Waals surface area contributed by atoms with Crippen LogP contribution in [0.1, 0.15) is 17.0 Å². The molecular weight excluding hydrogens is 278 g/mol. The molecule has 1 aliphatic heterocycles. The third kappa shape index (κ3) is 2.45. The van der Waals surface area contributed by atoms with Crippen molar-refractivity contribution in [1.82, 2.24) is 15.3 Å². The molecule has 0 bridgehead atoms. The summed E-state index contributed by atoms with van der Waals surface area (Å²) in [5.74, 6) is 0.968. The molecule has 21 heavy (non-hydrogen) atoms. The normalized spacial score (nSPS) is 14.3. The lowest BCUT2D eigenvalue weighted by Crippen LogP contribution is -2.23. The summed E-state index contributed by atoms with van der Waals surface area (Å²) < 4.78 is 0. The third-order valence-electron chi connectivity index (χ3n) is 3.90. The smallest absolute Gasteiger partial charge is 0.104 e. The molecule has 106 valence electrons. The van der Waals surface area contributed by atoms with Gasteiger partial charge in [-0.2, -0.15) is 0 Å². The second-order valence-corrected chi connectivity index (χ2v) is 6.54. The van der Waals surface area contributed by atoms with E-state index in [0.717, 1.165) is 36.4 Å². The highest BCUT2D eigenvalue weighted by Gasteiger charge is 2.13. The first kappa shape index (κ1) is 12.9. The molecule has 2 aromatic carbocycles. The molecule has 0 amide bonds. The van der Waals surface area contributed by atoms with Gasteiger partial charge in [-0.05, 0) is 55.3 Å². The van der Waals surface area contributed by atoms with Crippen molar-refractivity contribution in [2.24, 2.45) is 0 Å². The molecular formula is C17H17N3S. The number of nitrogens with zero attached hydrogens (tertiary/aromatic N) is 1. The van der Waals surface area contributed by atoms with Crippen molar-refractivity contribution in [1.29, 1.82) is 0 Å². The number of hydrogen-bond acceptors (Lipinski definition) is 3. The zero-order valence-electron chi connectivity index (χ0n) is 11.9. The van der Waals surface area contributed by atoms with Crippen LogP contribution in [-0.4, -0.2) is 16.5 Å². The molecule has 0 spiro atoms. The summed E-state index contributed by atoms with van der Waals surface area (Å²) in [6, 6.07) is 13.1. The number of hydrogen-bond donors (Lipinski definition) is 2. The van der Waals surface area contributed by atoms with Crippen molar-refractivity contribution in [3.05, 3.63) is 53.3 Å². The van der Waals surface area contributed by atoms with Crippen molar-refractivity contribution < 1.29 is 0 Å². The Labute approximate surface area is 128 Å². The van der Waals surface area contributed by atoms with Crippen LogP contribution < -0.4 is 5.32 Å². The number of benzene rings is 2. The SMILES string of the molecule is Cc1nc2ccc(Sc3cccc4c3CCNC4)cc2[nH]1. The second-order valence-electron chi connectivity index (χ2n) is 5.42. The highest BCUT2D eigenvalue weighted by atomic mass is 32.2. The standard InChI is InChI=1S/C17H17N3S/c1-11-19-15-6-5-13(9-16(15)20-11)21-17-4-2-3-12-10-18-8-7-14(12)17/h2-6,9,18H,7-8,10H2,1H3,(H,19,20). The number of aromatic nitrogens is 2. The zero-order chi connectivity index (χ0) is 14.2. The van der Waals surface area contributed by atoms with Gasteiger partial charge in [0.05, 0.1) is 11.0 Å². The number of fused-ring (bicyclic) bond motifs is 2. The van der Waals surface area contributed by atoms with Crippen LogP contribution in [0.15, 0.2) is 46.2 Å².